The van der Waals surface area contributed by atoms with Crippen LogP contribution in [0.4, 0.5) is 0 Å². The molecule has 0 atom stereocenters. The van der Waals surface area contributed by atoms with Crippen LogP contribution in [0.2, 0.25) is 0 Å². The number of nitrogens with zero attached hydrogens (tertiary/aromatic N) is 5. The largest absolute Gasteiger partial charge is 0.294 e. The molecule has 1 aromatic carbocycles. The molecular weight excluding hydrogens is 286 g/mol. The highest BCUT2D eigenvalue weighted by Gasteiger charge is 2.11. The lowest BCUT2D eigenvalue weighted by molar-refractivity contribution is 0.101. The summed E-state index contributed by atoms with van der Waals surface area (Å²) in [5, 5.41) is 13.0. The molecule has 0 fully saturated rings. The minimum absolute atomic E-state index is 0.00632. The van der Waals surface area contributed by atoms with Crippen LogP contribution in [0, 0.1) is 0 Å². The molecule has 21 heavy (non-hydrogen) atoms. The summed E-state index contributed by atoms with van der Waals surface area (Å²) in [5.41, 5.74) is 1.47. The van der Waals surface area contributed by atoms with Crippen LogP contribution in [0.5, 0.6) is 0 Å². The Bertz CT molecular complexity index is 755. The van der Waals surface area contributed by atoms with Gasteiger partial charge in [0, 0.05) is 11.8 Å². The molecule has 0 unspecified atom stereocenters. The number of rotatable bonds is 4. The first-order valence-electron chi connectivity index (χ1n) is 6.23. The van der Waals surface area contributed by atoms with Gasteiger partial charge in [-0.2, -0.15) is 4.68 Å². The van der Waals surface area contributed by atoms with Crippen LogP contribution < -0.4 is 0 Å². The molecule has 3 aromatic rings. The van der Waals surface area contributed by atoms with E-state index in [-0.39, 0.29) is 5.78 Å². The topological polar surface area (TPSA) is 73.6 Å². The standard InChI is InChI=1S/C14H11N5OS/c1-10(20)11-7-8-13(15-9-11)21-14-16-17-18-19(14)12-5-3-2-4-6-12/h2-9H,1H3. The van der Waals surface area contributed by atoms with E-state index < -0.39 is 0 Å². The average Bonchev–Trinajstić information content (AvgIpc) is 2.97. The molecule has 0 amide bonds. The van der Waals surface area contributed by atoms with E-state index in [1.807, 2.05) is 30.3 Å². The number of ketones is 1. The van der Waals surface area contributed by atoms with Crippen molar-refractivity contribution >= 4 is 17.5 Å². The molecule has 3 rings (SSSR count). The quantitative estimate of drug-likeness (QED) is 0.688. The van der Waals surface area contributed by atoms with Crippen molar-refractivity contribution in [2.45, 2.75) is 17.1 Å². The van der Waals surface area contributed by atoms with E-state index >= 15 is 0 Å². The number of Topliss-reactive ketones (excluding diaryl/α,β-unsaturated/α-hetero) is 1. The van der Waals surface area contributed by atoms with E-state index in [0.29, 0.717) is 10.7 Å². The number of aromatic nitrogens is 5. The Balaban J connectivity index is 1.86. The van der Waals surface area contributed by atoms with Gasteiger partial charge in [0.05, 0.1) is 5.69 Å². The molecule has 6 nitrogen and oxygen atoms in total. The predicted molar refractivity (Wildman–Crippen MR) is 77.5 cm³/mol. The molecule has 0 spiro atoms. The number of pyridine rings is 1. The summed E-state index contributed by atoms with van der Waals surface area (Å²) in [6, 6.07) is 13.2. The van der Waals surface area contributed by atoms with Crippen molar-refractivity contribution in [3.05, 3.63) is 54.2 Å². The van der Waals surface area contributed by atoms with E-state index in [9.17, 15) is 4.79 Å². The molecular formula is C14H11N5OS. The van der Waals surface area contributed by atoms with Crippen LogP contribution in [-0.4, -0.2) is 31.0 Å². The number of benzene rings is 1. The molecule has 7 heteroatoms. The zero-order valence-corrected chi connectivity index (χ0v) is 12.0. The first kappa shape index (κ1) is 13.4. The second-order valence-electron chi connectivity index (χ2n) is 4.25. The van der Waals surface area contributed by atoms with Gasteiger partial charge in [0.1, 0.15) is 5.03 Å². The van der Waals surface area contributed by atoms with E-state index in [0.717, 1.165) is 10.7 Å². The smallest absolute Gasteiger partial charge is 0.220 e. The van der Waals surface area contributed by atoms with Crippen LogP contribution in [0.15, 0.2) is 58.8 Å². The third-order valence-electron chi connectivity index (χ3n) is 2.78. The Morgan fingerprint density at radius 3 is 2.62 bits per heavy atom. The summed E-state index contributed by atoms with van der Waals surface area (Å²) in [7, 11) is 0. The Labute approximate surface area is 125 Å². The van der Waals surface area contributed by atoms with E-state index in [2.05, 4.69) is 20.5 Å². The maximum Gasteiger partial charge on any atom is 0.220 e. The third-order valence-corrected chi connectivity index (χ3v) is 3.67. The third kappa shape index (κ3) is 2.97. The Morgan fingerprint density at radius 1 is 1.14 bits per heavy atom. The fourth-order valence-corrected chi connectivity index (χ4v) is 2.45. The molecule has 0 saturated heterocycles. The Morgan fingerprint density at radius 2 is 1.95 bits per heavy atom. The molecule has 0 saturated carbocycles. The molecule has 2 aromatic heterocycles. The minimum atomic E-state index is -0.00632. The van der Waals surface area contributed by atoms with Crippen LogP contribution in [0.25, 0.3) is 5.69 Å². The number of carbonyl (C=O) groups is 1. The fourth-order valence-electron chi connectivity index (χ4n) is 1.72. The summed E-state index contributed by atoms with van der Waals surface area (Å²) < 4.78 is 1.64. The van der Waals surface area contributed by atoms with Crippen LogP contribution in [0.1, 0.15) is 17.3 Å². The number of hydrogen-bond donors (Lipinski definition) is 0. The Kier molecular flexibility index (Phi) is 3.74. The zero-order chi connectivity index (χ0) is 14.7. The van der Waals surface area contributed by atoms with Crippen molar-refractivity contribution in [3.63, 3.8) is 0 Å². The SMILES string of the molecule is CC(=O)c1ccc(Sc2nnnn2-c2ccccc2)nc1. The molecule has 0 N–H and O–H groups in total. The van der Waals surface area contributed by atoms with Crippen molar-refractivity contribution in [1.29, 1.82) is 0 Å². The van der Waals surface area contributed by atoms with E-state index in [4.69, 9.17) is 0 Å². The lowest BCUT2D eigenvalue weighted by Gasteiger charge is -2.03. The number of carbonyl (C=O) groups excluding carboxylic acids is 1. The fraction of sp³-hybridized carbons (Fsp3) is 0.0714. The van der Waals surface area contributed by atoms with Gasteiger partial charge >= 0.3 is 0 Å². The van der Waals surface area contributed by atoms with Crippen molar-refractivity contribution in [3.8, 4) is 5.69 Å². The van der Waals surface area contributed by atoms with E-state index in [1.165, 1.54) is 18.7 Å². The normalized spacial score (nSPS) is 10.5. The average molecular weight is 297 g/mol. The lowest BCUT2D eigenvalue weighted by atomic mass is 10.2. The monoisotopic (exact) mass is 297 g/mol. The minimum Gasteiger partial charge on any atom is -0.294 e. The van der Waals surface area contributed by atoms with E-state index in [1.54, 1.807) is 23.0 Å². The number of para-hydroxylation sites is 1. The molecule has 104 valence electrons. The van der Waals surface area contributed by atoms with Crippen molar-refractivity contribution in [1.82, 2.24) is 25.2 Å². The maximum atomic E-state index is 11.2. The van der Waals surface area contributed by atoms with Gasteiger partial charge in [-0.25, -0.2) is 4.98 Å². The number of tetrazole rings is 1. The Hall–Kier alpha value is -2.54. The summed E-state index contributed by atoms with van der Waals surface area (Å²) >= 11 is 1.34. The van der Waals surface area contributed by atoms with Gasteiger partial charge in [-0.15, -0.1) is 5.10 Å². The maximum absolute atomic E-state index is 11.2. The van der Waals surface area contributed by atoms with Gasteiger partial charge in [-0.1, -0.05) is 18.2 Å². The second-order valence-corrected chi connectivity index (χ2v) is 5.24. The van der Waals surface area contributed by atoms with Crippen LogP contribution in [0.3, 0.4) is 0 Å². The first-order chi connectivity index (χ1) is 10.2. The van der Waals surface area contributed by atoms with Crippen LogP contribution >= 0.6 is 11.8 Å². The summed E-state index contributed by atoms with van der Waals surface area (Å²) in [4.78, 5) is 15.5. The molecule has 0 aliphatic rings. The highest BCUT2D eigenvalue weighted by Crippen LogP contribution is 2.25. The van der Waals surface area contributed by atoms with Gasteiger partial charge < -0.3 is 0 Å². The molecule has 0 aliphatic heterocycles. The van der Waals surface area contributed by atoms with Gasteiger partial charge in [0.25, 0.3) is 0 Å². The van der Waals surface area contributed by atoms with Crippen molar-refractivity contribution in [2.75, 3.05) is 0 Å². The van der Waals surface area contributed by atoms with Gasteiger partial charge in [-0.3, -0.25) is 4.79 Å². The van der Waals surface area contributed by atoms with Crippen molar-refractivity contribution < 1.29 is 4.79 Å². The molecule has 0 bridgehead atoms. The lowest BCUT2D eigenvalue weighted by Crippen LogP contribution is -1.99. The molecule has 0 radical (unpaired) electrons. The predicted octanol–water partition coefficient (Wildman–Crippen LogP) is 2.41. The number of hydrogen-bond acceptors (Lipinski definition) is 6. The van der Waals surface area contributed by atoms with Gasteiger partial charge in [-0.05, 0) is 53.4 Å². The highest BCUT2D eigenvalue weighted by atomic mass is 32.2. The molecule has 0 aliphatic carbocycles. The first-order valence-corrected chi connectivity index (χ1v) is 7.04. The highest BCUT2D eigenvalue weighted by molar-refractivity contribution is 7.99. The summed E-state index contributed by atoms with van der Waals surface area (Å²) in [5.74, 6) is -0.00632. The summed E-state index contributed by atoms with van der Waals surface area (Å²) in [6.45, 7) is 1.51. The summed E-state index contributed by atoms with van der Waals surface area (Å²) in [6.07, 6.45) is 1.56. The molecule has 2 heterocycles. The van der Waals surface area contributed by atoms with Crippen molar-refractivity contribution in [2.24, 2.45) is 0 Å². The van der Waals surface area contributed by atoms with Crippen LogP contribution in [-0.2, 0) is 0 Å². The zero-order valence-electron chi connectivity index (χ0n) is 11.2. The van der Waals surface area contributed by atoms with Gasteiger partial charge in [0.2, 0.25) is 5.16 Å². The van der Waals surface area contributed by atoms with Gasteiger partial charge in [0.15, 0.2) is 5.78 Å². The second kappa shape index (κ2) is 5.84.